The maximum Gasteiger partial charge on any atom is 0.526 e. The molecule has 1 atom stereocenters. The second-order valence-electron chi connectivity index (χ2n) is 7.52. The van der Waals surface area contributed by atoms with Crippen molar-refractivity contribution in [1.82, 2.24) is 0 Å². The van der Waals surface area contributed by atoms with E-state index in [2.05, 4.69) is 0 Å². The number of fused-ring (bicyclic) bond motifs is 1. The Kier molecular flexibility index (Phi) is 6.72. The Morgan fingerprint density at radius 2 is 1.93 bits per heavy atom. The maximum absolute atomic E-state index is 12.4. The van der Waals surface area contributed by atoms with Crippen LogP contribution >= 0.6 is 0 Å². The van der Waals surface area contributed by atoms with Gasteiger partial charge in [0.25, 0.3) is 0 Å². The Morgan fingerprint density at radius 3 is 2.64 bits per heavy atom. The van der Waals surface area contributed by atoms with E-state index in [4.69, 9.17) is 14.1 Å². The van der Waals surface area contributed by atoms with Crippen molar-refractivity contribution in [1.29, 1.82) is 0 Å². The zero-order valence-corrected chi connectivity index (χ0v) is 16.0. The topological polar surface area (TPSA) is 99.1 Å². The van der Waals surface area contributed by atoms with Gasteiger partial charge >= 0.3 is 19.1 Å². The van der Waals surface area contributed by atoms with E-state index in [0.29, 0.717) is 6.42 Å². The number of esters is 2. The van der Waals surface area contributed by atoms with Crippen LogP contribution in [0.4, 0.5) is 0 Å². The molecular weight excluding hydrogens is 363 g/mol. The first-order valence-corrected chi connectivity index (χ1v) is 9.75. The predicted octanol–water partition coefficient (Wildman–Crippen LogP) is 2.69. The Bertz CT molecular complexity index is 742. The molecule has 0 unspecified atom stereocenters. The normalized spacial score (nSPS) is 19.4. The predicted molar refractivity (Wildman–Crippen MR) is 101 cm³/mol. The minimum atomic E-state index is -1.17. The average molecular weight is 388 g/mol. The number of carbonyl (C=O) groups is 3. The summed E-state index contributed by atoms with van der Waals surface area (Å²) in [6.07, 6.45) is 5.41. The van der Waals surface area contributed by atoms with Crippen molar-refractivity contribution in [2.24, 2.45) is 5.92 Å². The van der Waals surface area contributed by atoms with Crippen LogP contribution < -0.4 is 4.65 Å². The first-order chi connectivity index (χ1) is 13.5. The molecule has 0 saturated heterocycles. The van der Waals surface area contributed by atoms with Crippen LogP contribution in [0.25, 0.3) is 0 Å². The highest BCUT2D eigenvalue weighted by atomic mass is 16.7. The number of hydrogen-bond acceptors (Lipinski definition) is 7. The standard InChI is InChI=1S/C20H25BO7/c1-13(22)10-16-11-15-8-5-9-17(18(15)28-21(16)25)20(24)27-12-26-19(23)14-6-3-2-4-7-14/h5,8-9,14,16,25H,2-4,6-7,10-12H2,1H3/t16-/m0/s1. The quantitative estimate of drug-likeness (QED) is 0.454. The molecule has 3 rings (SSSR count). The lowest BCUT2D eigenvalue weighted by Gasteiger charge is -2.28. The fourth-order valence-corrected chi connectivity index (χ4v) is 3.86. The molecule has 8 heteroatoms. The second-order valence-corrected chi connectivity index (χ2v) is 7.52. The molecule has 0 spiro atoms. The van der Waals surface area contributed by atoms with E-state index in [1.54, 1.807) is 12.1 Å². The maximum atomic E-state index is 12.4. The van der Waals surface area contributed by atoms with Crippen molar-refractivity contribution in [2.45, 2.75) is 57.7 Å². The van der Waals surface area contributed by atoms with E-state index >= 15 is 0 Å². The second kappa shape index (κ2) is 9.23. The first-order valence-electron chi connectivity index (χ1n) is 9.75. The number of para-hydroxylation sites is 1. The van der Waals surface area contributed by atoms with Gasteiger partial charge in [-0.15, -0.1) is 0 Å². The van der Waals surface area contributed by atoms with E-state index < -0.39 is 19.9 Å². The molecule has 0 aromatic heterocycles. The van der Waals surface area contributed by atoms with Gasteiger partial charge in [-0.3, -0.25) is 4.79 Å². The summed E-state index contributed by atoms with van der Waals surface area (Å²) in [5.41, 5.74) is 0.886. The molecule has 7 nitrogen and oxygen atoms in total. The molecule has 1 saturated carbocycles. The molecule has 1 heterocycles. The molecule has 1 fully saturated rings. The van der Waals surface area contributed by atoms with Crippen molar-refractivity contribution >= 4 is 24.8 Å². The SMILES string of the molecule is CC(=O)C[C@H]1Cc2cccc(C(=O)OCOC(=O)C3CCCCC3)c2OB1O. The molecule has 1 aromatic carbocycles. The Morgan fingerprint density at radius 1 is 1.18 bits per heavy atom. The van der Waals surface area contributed by atoms with Gasteiger partial charge in [0.05, 0.1) is 5.92 Å². The van der Waals surface area contributed by atoms with E-state index in [1.807, 2.05) is 0 Å². The van der Waals surface area contributed by atoms with Crippen LogP contribution in [-0.4, -0.2) is 36.7 Å². The van der Waals surface area contributed by atoms with Gasteiger partial charge in [0.2, 0.25) is 6.79 Å². The average Bonchev–Trinajstić information content (AvgIpc) is 2.68. The number of ether oxygens (including phenoxy) is 2. The van der Waals surface area contributed by atoms with Crippen molar-refractivity contribution in [3.8, 4) is 5.75 Å². The van der Waals surface area contributed by atoms with Gasteiger partial charge in [-0.05, 0) is 37.8 Å². The van der Waals surface area contributed by atoms with Gasteiger partial charge in [-0.2, -0.15) is 0 Å². The van der Waals surface area contributed by atoms with Crippen molar-refractivity contribution < 1.29 is 33.5 Å². The van der Waals surface area contributed by atoms with Crippen LogP contribution in [0, 0.1) is 5.92 Å². The first kappa shape index (κ1) is 20.4. The molecule has 0 bridgehead atoms. The van der Waals surface area contributed by atoms with Gasteiger partial charge in [-0.25, -0.2) is 4.79 Å². The number of ketones is 1. The highest BCUT2D eigenvalue weighted by Crippen LogP contribution is 2.36. The van der Waals surface area contributed by atoms with Gasteiger partial charge in [0.1, 0.15) is 17.1 Å². The van der Waals surface area contributed by atoms with Crippen LogP contribution in [0.2, 0.25) is 5.82 Å². The number of Topliss-reactive ketones (excluding diaryl/α,β-unsaturated/α-hetero) is 1. The summed E-state index contributed by atoms with van der Waals surface area (Å²) < 4.78 is 15.7. The van der Waals surface area contributed by atoms with Crippen molar-refractivity contribution in [2.75, 3.05) is 6.79 Å². The molecule has 1 aliphatic heterocycles. The Hall–Kier alpha value is -2.35. The van der Waals surface area contributed by atoms with Crippen LogP contribution in [0.15, 0.2) is 18.2 Å². The molecule has 0 radical (unpaired) electrons. The van der Waals surface area contributed by atoms with Gasteiger partial charge in [0.15, 0.2) is 0 Å². The number of hydrogen-bond donors (Lipinski definition) is 1. The minimum absolute atomic E-state index is 0.0357. The summed E-state index contributed by atoms with van der Waals surface area (Å²) in [7, 11) is -1.17. The molecule has 28 heavy (non-hydrogen) atoms. The van der Waals surface area contributed by atoms with Gasteiger partial charge < -0.3 is 23.9 Å². The summed E-state index contributed by atoms with van der Waals surface area (Å²) in [4.78, 5) is 35.8. The summed E-state index contributed by atoms with van der Waals surface area (Å²) in [5.74, 6) is -1.28. The molecular formula is C20H25BO7. The zero-order chi connectivity index (χ0) is 20.1. The van der Waals surface area contributed by atoms with Gasteiger partial charge in [-0.1, -0.05) is 31.4 Å². The van der Waals surface area contributed by atoms with Crippen LogP contribution in [-0.2, 0) is 25.5 Å². The fraction of sp³-hybridized carbons (Fsp3) is 0.550. The van der Waals surface area contributed by atoms with Crippen LogP contribution in [0.1, 0.15) is 61.4 Å². The van der Waals surface area contributed by atoms with Crippen LogP contribution in [0.5, 0.6) is 5.75 Å². The monoisotopic (exact) mass is 388 g/mol. The largest absolute Gasteiger partial charge is 0.535 e. The van der Waals surface area contributed by atoms with E-state index in [1.165, 1.54) is 13.0 Å². The van der Waals surface area contributed by atoms with E-state index in [-0.39, 0.29) is 41.2 Å². The molecule has 150 valence electrons. The molecule has 1 N–H and O–H groups in total. The van der Waals surface area contributed by atoms with E-state index in [9.17, 15) is 19.4 Å². The third kappa shape index (κ3) is 4.92. The minimum Gasteiger partial charge on any atom is -0.535 e. The van der Waals surface area contributed by atoms with Crippen molar-refractivity contribution in [3.63, 3.8) is 0 Å². The highest BCUT2D eigenvalue weighted by Gasteiger charge is 2.37. The zero-order valence-electron chi connectivity index (χ0n) is 16.0. The van der Waals surface area contributed by atoms with Crippen molar-refractivity contribution in [3.05, 3.63) is 29.3 Å². The van der Waals surface area contributed by atoms with Gasteiger partial charge in [0, 0.05) is 12.2 Å². The third-order valence-electron chi connectivity index (χ3n) is 5.32. The lowest BCUT2D eigenvalue weighted by Crippen LogP contribution is -2.35. The summed E-state index contributed by atoms with van der Waals surface area (Å²) in [6, 6.07) is 5.01. The highest BCUT2D eigenvalue weighted by molar-refractivity contribution is 6.46. The fourth-order valence-electron chi connectivity index (χ4n) is 3.86. The summed E-state index contributed by atoms with van der Waals surface area (Å²) >= 11 is 0. The Labute approximate surface area is 164 Å². The summed E-state index contributed by atoms with van der Waals surface area (Å²) in [5, 5.41) is 10.2. The third-order valence-corrected chi connectivity index (χ3v) is 5.32. The Balaban J connectivity index is 1.59. The van der Waals surface area contributed by atoms with Crippen LogP contribution in [0.3, 0.4) is 0 Å². The lowest BCUT2D eigenvalue weighted by molar-refractivity contribution is -0.158. The molecule has 2 aliphatic rings. The number of carbonyl (C=O) groups excluding carboxylic acids is 3. The number of benzene rings is 1. The summed E-state index contributed by atoms with van der Waals surface area (Å²) in [6.45, 7) is 1.01. The molecule has 1 aromatic rings. The molecule has 0 amide bonds. The lowest BCUT2D eigenvalue weighted by atomic mass is 9.64. The van der Waals surface area contributed by atoms with E-state index in [0.717, 1.165) is 37.7 Å². The number of rotatable bonds is 6. The smallest absolute Gasteiger partial charge is 0.526 e. The molecule has 1 aliphatic carbocycles.